The van der Waals surface area contributed by atoms with Crippen molar-refractivity contribution in [2.75, 3.05) is 6.61 Å². The molecule has 1 N–H and O–H groups in total. The third kappa shape index (κ3) is 5.18. The lowest BCUT2D eigenvalue weighted by Gasteiger charge is -2.31. The summed E-state index contributed by atoms with van der Waals surface area (Å²) in [5, 5.41) is 11.2. The van der Waals surface area contributed by atoms with E-state index in [1.54, 1.807) is 25.2 Å². The van der Waals surface area contributed by atoms with Crippen molar-refractivity contribution in [3.05, 3.63) is 29.0 Å². The summed E-state index contributed by atoms with van der Waals surface area (Å²) >= 11 is 1.60. The molecule has 0 aromatic carbocycles. The molecule has 27 heavy (non-hydrogen) atoms. The smallest absolute Gasteiger partial charge is 0.335 e. The fourth-order valence-electron chi connectivity index (χ4n) is 3.20. The van der Waals surface area contributed by atoms with Gasteiger partial charge < -0.3 is 19.0 Å². The molecule has 0 spiro atoms. The molecule has 2 aromatic rings. The van der Waals surface area contributed by atoms with Gasteiger partial charge in [0.15, 0.2) is 5.60 Å². The molecule has 0 amide bonds. The molecule has 148 valence electrons. The number of thiophene rings is 1. The predicted octanol–water partition coefficient (Wildman–Crippen LogP) is 4.67. The number of ether oxygens (including phenoxy) is 2. The first-order valence-electron chi connectivity index (χ1n) is 9.34. The molecule has 1 fully saturated rings. The van der Waals surface area contributed by atoms with Gasteiger partial charge in [-0.1, -0.05) is 12.5 Å². The third-order valence-electron chi connectivity index (χ3n) is 5.01. The summed E-state index contributed by atoms with van der Waals surface area (Å²) in [7, 11) is 0. The molecular weight excluding hydrogens is 366 g/mol. The molecule has 2 aromatic heterocycles. The van der Waals surface area contributed by atoms with Gasteiger partial charge in [-0.2, -0.15) is 0 Å². The summed E-state index contributed by atoms with van der Waals surface area (Å²) in [6.45, 7) is 5.97. The number of carboxylic acid groups (broad SMARTS) is 1. The predicted molar refractivity (Wildman–Crippen MR) is 103 cm³/mol. The first-order chi connectivity index (χ1) is 12.8. The van der Waals surface area contributed by atoms with Crippen LogP contribution in [0.4, 0.5) is 0 Å². The minimum absolute atomic E-state index is 0.140. The first kappa shape index (κ1) is 20.0. The first-order valence-corrected chi connectivity index (χ1v) is 10.2. The van der Waals surface area contributed by atoms with E-state index >= 15 is 0 Å². The van der Waals surface area contributed by atoms with Gasteiger partial charge in [0.05, 0.1) is 24.2 Å². The van der Waals surface area contributed by atoms with Crippen molar-refractivity contribution >= 4 is 17.3 Å². The molecule has 6 nitrogen and oxygen atoms in total. The second-order valence-corrected chi connectivity index (χ2v) is 8.54. The maximum Gasteiger partial charge on any atom is 0.335 e. The summed E-state index contributed by atoms with van der Waals surface area (Å²) in [5.74, 6) is 0.820. The Morgan fingerprint density at radius 1 is 1.44 bits per heavy atom. The molecule has 1 aliphatic carbocycles. The molecule has 1 aliphatic rings. The van der Waals surface area contributed by atoms with Crippen molar-refractivity contribution in [3.8, 4) is 10.8 Å². The Balaban J connectivity index is 1.50. The molecule has 0 aliphatic heterocycles. The zero-order valence-corrected chi connectivity index (χ0v) is 16.9. The number of hydrogen-bond acceptors (Lipinski definition) is 6. The van der Waals surface area contributed by atoms with E-state index in [2.05, 4.69) is 4.98 Å². The summed E-state index contributed by atoms with van der Waals surface area (Å²) in [4.78, 5) is 16.8. The molecule has 0 unspecified atom stereocenters. The molecule has 1 saturated carbocycles. The van der Waals surface area contributed by atoms with Crippen molar-refractivity contribution < 1.29 is 23.8 Å². The highest BCUT2D eigenvalue weighted by Gasteiger charge is 2.31. The van der Waals surface area contributed by atoms with Gasteiger partial charge in [-0.3, -0.25) is 0 Å². The van der Waals surface area contributed by atoms with Crippen molar-refractivity contribution in [2.24, 2.45) is 5.92 Å². The van der Waals surface area contributed by atoms with E-state index in [1.807, 2.05) is 24.4 Å². The summed E-state index contributed by atoms with van der Waals surface area (Å²) in [5.41, 5.74) is -0.312. The minimum atomic E-state index is -1.15. The van der Waals surface area contributed by atoms with Gasteiger partial charge >= 0.3 is 5.97 Å². The maximum absolute atomic E-state index is 11.2. The number of aryl methyl sites for hydroxylation is 1. The number of rotatable bonds is 8. The van der Waals surface area contributed by atoms with E-state index < -0.39 is 11.6 Å². The van der Waals surface area contributed by atoms with E-state index in [0.717, 1.165) is 42.0 Å². The Morgan fingerprint density at radius 2 is 2.26 bits per heavy atom. The van der Waals surface area contributed by atoms with Crippen LogP contribution in [-0.2, 0) is 20.9 Å². The summed E-state index contributed by atoms with van der Waals surface area (Å²) < 4.78 is 17.5. The van der Waals surface area contributed by atoms with Crippen LogP contribution in [0.25, 0.3) is 10.8 Å². The van der Waals surface area contributed by atoms with E-state index in [0.29, 0.717) is 25.0 Å². The lowest BCUT2D eigenvalue weighted by Crippen LogP contribution is -2.37. The van der Waals surface area contributed by atoms with Gasteiger partial charge in [0.2, 0.25) is 5.89 Å². The van der Waals surface area contributed by atoms with Crippen molar-refractivity contribution in [3.63, 3.8) is 0 Å². The van der Waals surface area contributed by atoms with E-state index in [1.165, 1.54) is 0 Å². The number of oxazole rings is 1. The lowest BCUT2D eigenvalue weighted by molar-refractivity contribution is -0.163. The lowest BCUT2D eigenvalue weighted by atomic mass is 9.87. The molecule has 2 heterocycles. The van der Waals surface area contributed by atoms with Crippen LogP contribution in [0.1, 0.15) is 51.0 Å². The molecule has 3 rings (SSSR count). The quantitative estimate of drug-likeness (QED) is 0.702. The fourth-order valence-corrected chi connectivity index (χ4v) is 3.85. The highest BCUT2D eigenvalue weighted by atomic mass is 32.1. The zero-order chi connectivity index (χ0) is 19.4. The van der Waals surface area contributed by atoms with Crippen molar-refractivity contribution in [2.45, 2.75) is 64.8 Å². The number of carbonyl (C=O) groups is 1. The average molecular weight is 394 g/mol. The van der Waals surface area contributed by atoms with E-state index in [9.17, 15) is 4.79 Å². The number of hydrogen-bond donors (Lipinski definition) is 1. The molecule has 2 atom stereocenters. The Bertz CT molecular complexity index is 753. The van der Waals surface area contributed by atoms with Crippen LogP contribution in [-0.4, -0.2) is 34.4 Å². The highest BCUT2D eigenvalue weighted by molar-refractivity contribution is 7.13. The molecule has 7 heteroatoms. The fraction of sp³-hybridized carbons (Fsp3) is 0.600. The van der Waals surface area contributed by atoms with Crippen molar-refractivity contribution in [1.82, 2.24) is 4.98 Å². The maximum atomic E-state index is 11.2. The minimum Gasteiger partial charge on any atom is -0.479 e. The number of carboxylic acids is 1. The number of nitrogens with zero attached hydrogens (tertiary/aromatic N) is 1. The van der Waals surface area contributed by atoms with Crippen molar-refractivity contribution in [1.29, 1.82) is 0 Å². The second kappa shape index (κ2) is 8.54. The van der Waals surface area contributed by atoms with Gasteiger partial charge in [0, 0.05) is 0 Å². The number of aliphatic carboxylic acids is 1. The Labute approximate surface area is 163 Å². The van der Waals surface area contributed by atoms with Crippen LogP contribution in [0.5, 0.6) is 0 Å². The molecule has 0 bridgehead atoms. The van der Waals surface area contributed by atoms with Crippen LogP contribution in [0, 0.1) is 12.8 Å². The van der Waals surface area contributed by atoms with Gasteiger partial charge in [-0.15, -0.1) is 11.3 Å². The van der Waals surface area contributed by atoms with Crippen LogP contribution in [0.2, 0.25) is 0 Å². The monoisotopic (exact) mass is 393 g/mol. The van der Waals surface area contributed by atoms with Gasteiger partial charge in [-0.05, 0) is 57.4 Å². The third-order valence-corrected chi connectivity index (χ3v) is 5.87. The SMILES string of the molecule is Cc1oc(-c2cccs2)nc1CO[C@H]1CCC[C@@H](COC(C)(C)C(=O)O)C1. The second-order valence-electron chi connectivity index (χ2n) is 7.59. The van der Waals surface area contributed by atoms with Crippen LogP contribution < -0.4 is 0 Å². The normalized spacial score (nSPS) is 20.7. The van der Waals surface area contributed by atoms with Gasteiger partial charge in [0.1, 0.15) is 11.5 Å². The molecular formula is C20H27NO5S. The Morgan fingerprint density at radius 3 is 2.96 bits per heavy atom. The molecule has 0 saturated heterocycles. The Kier molecular flexibility index (Phi) is 6.34. The highest BCUT2D eigenvalue weighted by Crippen LogP contribution is 2.30. The largest absolute Gasteiger partial charge is 0.479 e. The van der Waals surface area contributed by atoms with Gasteiger partial charge in [-0.25, -0.2) is 9.78 Å². The summed E-state index contributed by atoms with van der Waals surface area (Å²) in [6, 6.07) is 3.97. The standard InChI is InChI=1S/C20H27NO5S/c1-13-16(21-18(26-13)17-8-5-9-27-17)12-24-15-7-4-6-14(10-15)11-25-20(2,3)19(22)23/h5,8-9,14-15H,4,6-7,10-12H2,1-3H3,(H,22,23)/t14-,15+/m1/s1. The van der Waals surface area contributed by atoms with E-state index in [-0.39, 0.29) is 6.10 Å². The number of aromatic nitrogens is 1. The topological polar surface area (TPSA) is 81.8 Å². The average Bonchev–Trinajstić information content (AvgIpc) is 3.28. The Hall–Kier alpha value is -1.70. The summed E-state index contributed by atoms with van der Waals surface area (Å²) in [6.07, 6.45) is 4.13. The zero-order valence-electron chi connectivity index (χ0n) is 16.1. The van der Waals surface area contributed by atoms with E-state index in [4.69, 9.17) is 19.0 Å². The van der Waals surface area contributed by atoms with Crippen LogP contribution >= 0.6 is 11.3 Å². The van der Waals surface area contributed by atoms with Crippen LogP contribution in [0.15, 0.2) is 21.9 Å². The van der Waals surface area contributed by atoms with Crippen LogP contribution in [0.3, 0.4) is 0 Å². The van der Waals surface area contributed by atoms with Gasteiger partial charge in [0.25, 0.3) is 0 Å². The molecule has 0 radical (unpaired) electrons.